The summed E-state index contributed by atoms with van der Waals surface area (Å²) in [4.78, 5) is 63.6. The number of carbonyl (C=O) groups excluding carboxylic acids is 4. The summed E-state index contributed by atoms with van der Waals surface area (Å²) in [5.41, 5.74) is 0.0788. The largest absolute Gasteiger partial charge is 0.497 e. The maximum Gasteiger partial charge on any atom is 0.273 e. The molecule has 2 fully saturated rings. The van der Waals surface area contributed by atoms with Gasteiger partial charge in [0.15, 0.2) is 5.78 Å². The van der Waals surface area contributed by atoms with Crippen molar-refractivity contribution in [1.29, 1.82) is 0 Å². The number of ketones is 1. The van der Waals surface area contributed by atoms with Gasteiger partial charge in [0.1, 0.15) is 12.3 Å². The lowest BCUT2D eigenvalue weighted by atomic mass is 9.76. The molecule has 0 aromatic heterocycles. The number of methoxy groups -OCH3 is 1. The van der Waals surface area contributed by atoms with Gasteiger partial charge in [-0.2, -0.15) is 5.01 Å². The molecule has 1 saturated heterocycles. The molecule has 10 heteroatoms. The zero-order chi connectivity index (χ0) is 25.3. The maximum absolute atomic E-state index is 13.5. The molecule has 10 nitrogen and oxygen atoms in total. The number of amides is 3. The van der Waals surface area contributed by atoms with E-state index in [2.05, 4.69) is 0 Å². The van der Waals surface area contributed by atoms with Crippen LogP contribution in [0.3, 0.4) is 0 Å². The smallest absolute Gasteiger partial charge is 0.273 e. The predicted octanol–water partition coefficient (Wildman–Crippen LogP) is 3.26. The zero-order valence-electron chi connectivity index (χ0n) is 19.4. The quantitative estimate of drug-likeness (QED) is 0.258. The third-order valence-corrected chi connectivity index (χ3v) is 6.67. The number of ether oxygens (including phenoxy) is 1. The van der Waals surface area contributed by atoms with Gasteiger partial charge in [0.25, 0.3) is 23.4 Å². The Bertz CT molecular complexity index is 1180. The molecule has 4 rings (SSSR count). The van der Waals surface area contributed by atoms with Gasteiger partial charge in [-0.15, -0.1) is 0 Å². The van der Waals surface area contributed by atoms with E-state index in [4.69, 9.17) is 4.74 Å². The van der Waals surface area contributed by atoms with Crippen molar-refractivity contribution in [3.05, 3.63) is 69.8 Å². The molecule has 0 unspecified atom stereocenters. The van der Waals surface area contributed by atoms with Crippen molar-refractivity contribution in [2.45, 2.75) is 26.2 Å². The minimum absolute atomic E-state index is 0.0157. The Morgan fingerprint density at radius 3 is 2.20 bits per heavy atom. The van der Waals surface area contributed by atoms with E-state index >= 15 is 0 Å². The minimum atomic E-state index is -0.768. The highest BCUT2D eigenvalue weighted by molar-refractivity contribution is 6.09. The van der Waals surface area contributed by atoms with Crippen LogP contribution < -0.4 is 4.74 Å². The fourth-order valence-corrected chi connectivity index (χ4v) is 4.72. The summed E-state index contributed by atoms with van der Waals surface area (Å²) in [6.45, 7) is 1.47. The molecule has 1 aliphatic heterocycles. The number of hydrogen-bond acceptors (Lipinski definition) is 7. The van der Waals surface area contributed by atoms with E-state index < -0.39 is 46.8 Å². The number of carbonyl (C=O) groups is 4. The van der Waals surface area contributed by atoms with Crippen molar-refractivity contribution in [2.75, 3.05) is 13.7 Å². The fraction of sp³-hybridized carbons (Fsp3) is 0.360. The number of nitro groups is 1. The average Bonchev–Trinajstić information content (AvgIpc) is 3.11. The normalized spacial score (nSPS) is 21.4. The summed E-state index contributed by atoms with van der Waals surface area (Å²) in [5.74, 6) is -2.48. The lowest BCUT2D eigenvalue weighted by Gasteiger charge is -2.30. The molecule has 0 spiro atoms. The number of imide groups is 1. The lowest BCUT2D eigenvalue weighted by molar-refractivity contribution is -0.384. The second-order valence-electron chi connectivity index (χ2n) is 8.94. The first-order valence-corrected chi connectivity index (χ1v) is 11.3. The first-order chi connectivity index (χ1) is 16.7. The molecule has 2 aliphatic rings. The summed E-state index contributed by atoms with van der Waals surface area (Å²) in [7, 11) is 1.49. The van der Waals surface area contributed by atoms with Crippen LogP contribution in [0.5, 0.6) is 5.75 Å². The molecular formula is C25H25N3O7. The summed E-state index contributed by atoms with van der Waals surface area (Å²) in [6, 6.07) is 11.1. The number of hydrazine groups is 1. The second-order valence-corrected chi connectivity index (χ2v) is 8.94. The van der Waals surface area contributed by atoms with Gasteiger partial charge in [-0.3, -0.25) is 29.3 Å². The topological polar surface area (TPSA) is 127 Å². The van der Waals surface area contributed by atoms with Crippen LogP contribution in [0.4, 0.5) is 5.69 Å². The van der Waals surface area contributed by atoms with E-state index in [9.17, 15) is 29.3 Å². The van der Waals surface area contributed by atoms with Crippen LogP contribution in [-0.2, 0) is 9.59 Å². The van der Waals surface area contributed by atoms with Crippen molar-refractivity contribution in [3.8, 4) is 5.75 Å². The van der Waals surface area contributed by atoms with Crippen LogP contribution in [0.25, 0.3) is 0 Å². The van der Waals surface area contributed by atoms with Gasteiger partial charge in [-0.05, 0) is 61.6 Å². The summed E-state index contributed by atoms with van der Waals surface area (Å²) in [6.07, 6.45) is 1.88. The van der Waals surface area contributed by atoms with E-state index in [0.29, 0.717) is 18.6 Å². The molecule has 1 heterocycles. The Morgan fingerprint density at radius 2 is 1.60 bits per heavy atom. The monoisotopic (exact) mass is 479 g/mol. The number of hydrogen-bond donors (Lipinski definition) is 0. The number of fused-ring (bicyclic) bond motifs is 1. The zero-order valence-corrected chi connectivity index (χ0v) is 19.4. The van der Waals surface area contributed by atoms with Crippen LogP contribution in [0.1, 0.15) is 46.9 Å². The summed E-state index contributed by atoms with van der Waals surface area (Å²) < 4.78 is 5.10. The van der Waals surface area contributed by atoms with Gasteiger partial charge in [-0.1, -0.05) is 6.92 Å². The fourth-order valence-electron chi connectivity index (χ4n) is 4.72. The number of nitro benzene ring substituents is 1. The molecule has 3 atom stereocenters. The van der Waals surface area contributed by atoms with Crippen LogP contribution in [0.2, 0.25) is 0 Å². The van der Waals surface area contributed by atoms with Gasteiger partial charge in [0.05, 0.1) is 23.9 Å². The second kappa shape index (κ2) is 9.65. The number of rotatable bonds is 7. The lowest BCUT2D eigenvalue weighted by Crippen LogP contribution is -2.52. The Kier molecular flexibility index (Phi) is 6.63. The molecule has 3 amide bonds. The Balaban J connectivity index is 1.67. The van der Waals surface area contributed by atoms with Crippen LogP contribution in [-0.4, -0.2) is 52.1 Å². The van der Waals surface area contributed by atoms with Crippen molar-refractivity contribution >= 4 is 29.2 Å². The standard InChI is InChI=1S/C25H25N3O7/c1-15-3-12-20-21(13-15)25(32)27(24(20)31)26(14-22(29)16-6-10-19(35-2)11-7-16)23(30)17-4-8-18(9-5-17)28(33)34/h4-11,15,20-21H,3,12-14H2,1-2H3/t15-,20-,21+/m1/s1. The molecule has 0 bridgehead atoms. The SMILES string of the molecule is COc1ccc(C(=O)CN(C(=O)c2ccc([N+](=O)[O-])cc2)N2C(=O)[C@H]3C[C@H](C)CC[C@H]3C2=O)cc1. The third kappa shape index (κ3) is 4.64. The highest BCUT2D eigenvalue weighted by Gasteiger charge is 2.52. The number of Topliss-reactive ketones (excluding diaryl/α,β-unsaturated/α-hetero) is 1. The summed E-state index contributed by atoms with van der Waals surface area (Å²) >= 11 is 0. The van der Waals surface area contributed by atoms with Gasteiger partial charge in [0.2, 0.25) is 0 Å². The van der Waals surface area contributed by atoms with Crippen LogP contribution in [0, 0.1) is 27.9 Å². The molecule has 182 valence electrons. The van der Waals surface area contributed by atoms with Crippen LogP contribution >= 0.6 is 0 Å². The molecular weight excluding hydrogens is 454 g/mol. The van der Waals surface area contributed by atoms with Crippen LogP contribution in [0.15, 0.2) is 48.5 Å². The van der Waals surface area contributed by atoms with Gasteiger partial charge < -0.3 is 4.74 Å². The van der Waals surface area contributed by atoms with E-state index in [0.717, 1.165) is 28.6 Å². The minimum Gasteiger partial charge on any atom is -0.497 e. The first-order valence-electron chi connectivity index (χ1n) is 11.3. The predicted molar refractivity (Wildman–Crippen MR) is 123 cm³/mol. The van der Waals surface area contributed by atoms with E-state index in [1.807, 2.05) is 6.92 Å². The van der Waals surface area contributed by atoms with Crippen molar-refractivity contribution in [2.24, 2.45) is 17.8 Å². The molecule has 2 aromatic rings. The molecule has 2 aromatic carbocycles. The molecule has 1 aliphatic carbocycles. The van der Waals surface area contributed by atoms with Gasteiger partial charge in [0, 0.05) is 23.3 Å². The first kappa shape index (κ1) is 24.1. The molecule has 0 radical (unpaired) electrons. The Morgan fingerprint density at radius 1 is 1.00 bits per heavy atom. The van der Waals surface area contributed by atoms with Crippen molar-refractivity contribution < 1.29 is 28.8 Å². The van der Waals surface area contributed by atoms with E-state index in [1.165, 1.54) is 31.4 Å². The molecule has 1 saturated carbocycles. The van der Waals surface area contributed by atoms with Gasteiger partial charge in [-0.25, -0.2) is 5.01 Å². The molecule has 35 heavy (non-hydrogen) atoms. The maximum atomic E-state index is 13.5. The number of nitrogens with zero attached hydrogens (tertiary/aromatic N) is 3. The van der Waals surface area contributed by atoms with E-state index in [-0.39, 0.29) is 22.7 Å². The van der Waals surface area contributed by atoms with E-state index in [1.54, 1.807) is 12.1 Å². The van der Waals surface area contributed by atoms with Crippen molar-refractivity contribution in [1.82, 2.24) is 10.0 Å². The highest BCUT2D eigenvalue weighted by atomic mass is 16.6. The number of benzene rings is 2. The highest BCUT2D eigenvalue weighted by Crippen LogP contribution is 2.41. The summed E-state index contributed by atoms with van der Waals surface area (Å²) in [5, 5.41) is 12.7. The Hall–Kier alpha value is -4.08. The molecule has 0 N–H and O–H groups in total. The Labute approximate surface area is 201 Å². The van der Waals surface area contributed by atoms with Crippen molar-refractivity contribution in [3.63, 3.8) is 0 Å². The van der Waals surface area contributed by atoms with Gasteiger partial charge >= 0.3 is 0 Å². The third-order valence-electron chi connectivity index (χ3n) is 6.67. The average molecular weight is 479 g/mol. The number of non-ortho nitro benzene ring substituents is 1.